The first-order chi connectivity index (χ1) is 9.58. The van der Waals surface area contributed by atoms with Crippen LogP contribution in [0.25, 0.3) is 0 Å². The van der Waals surface area contributed by atoms with E-state index in [1.54, 1.807) is 0 Å². The molecule has 110 valence electrons. The van der Waals surface area contributed by atoms with Crippen LogP contribution in [0.15, 0.2) is 11.4 Å². The van der Waals surface area contributed by atoms with Gasteiger partial charge in [-0.3, -0.25) is 9.59 Å². The Balaban J connectivity index is 1.88. The van der Waals surface area contributed by atoms with Crippen LogP contribution in [-0.4, -0.2) is 48.1 Å². The van der Waals surface area contributed by atoms with Crippen LogP contribution in [0.2, 0.25) is 0 Å². The number of hydrogen-bond donors (Lipinski definition) is 2. The number of aliphatic carboxylic acids is 1. The molecular formula is C14H20N2O3S. The summed E-state index contributed by atoms with van der Waals surface area (Å²) in [7, 11) is 0. The molecule has 0 spiro atoms. The van der Waals surface area contributed by atoms with E-state index >= 15 is 0 Å². The SMILES string of the molecule is Cc1ccsc1C(=O)N1CCCC(CNCC(=O)O)C1. The van der Waals surface area contributed by atoms with E-state index in [4.69, 9.17) is 5.11 Å². The molecule has 1 aliphatic rings. The van der Waals surface area contributed by atoms with Crippen LogP contribution in [0, 0.1) is 12.8 Å². The Bertz CT molecular complexity index is 487. The molecule has 1 atom stereocenters. The van der Waals surface area contributed by atoms with Crippen molar-refractivity contribution in [1.82, 2.24) is 10.2 Å². The lowest BCUT2D eigenvalue weighted by Gasteiger charge is -2.32. The van der Waals surface area contributed by atoms with Gasteiger partial charge in [-0.05, 0) is 42.7 Å². The number of nitrogens with zero attached hydrogens (tertiary/aromatic N) is 1. The molecule has 2 rings (SSSR count). The molecule has 6 heteroatoms. The molecule has 0 radical (unpaired) electrons. The van der Waals surface area contributed by atoms with Crippen molar-refractivity contribution in [2.45, 2.75) is 19.8 Å². The molecule has 1 fully saturated rings. The highest BCUT2D eigenvalue weighted by atomic mass is 32.1. The Kier molecular flexibility index (Phi) is 5.14. The van der Waals surface area contributed by atoms with Crippen molar-refractivity contribution >= 4 is 23.2 Å². The highest BCUT2D eigenvalue weighted by Gasteiger charge is 2.25. The van der Waals surface area contributed by atoms with Gasteiger partial charge in [-0.2, -0.15) is 0 Å². The molecule has 1 saturated heterocycles. The fourth-order valence-corrected chi connectivity index (χ4v) is 3.43. The Morgan fingerprint density at radius 1 is 1.55 bits per heavy atom. The van der Waals surface area contributed by atoms with Gasteiger partial charge in [0.2, 0.25) is 0 Å². The normalized spacial score (nSPS) is 19.1. The van der Waals surface area contributed by atoms with Crippen molar-refractivity contribution < 1.29 is 14.7 Å². The summed E-state index contributed by atoms with van der Waals surface area (Å²) < 4.78 is 0. The third-order valence-corrected chi connectivity index (χ3v) is 4.58. The van der Waals surface area contributed by atoms with Gasteiger partial charge in [0.05, 0.1) is 11.4 Å². The Morgan fingerprint density at radius 2 is 2.35 bits per heavy atom. The number of carboxylic acid groups (broad SMARTS) is 1. The number of thiophene rings is 1. The molecule has 5 nitrogen and oxygen atoms in total. The van der Waals surface area contributed by atoms with Crippen molar-refractivity contribution in [3.63, 3.8) is 0 Å². The fourth-order valence-electron chi connectivity index (χ4n) is 2.53. The molecule has 20 heavy (non-hydrogen) atoms. The largest absolute Gasteiger partial charge is 0.480 e. The summed E-state index contributed by atoms with van der Waals surface area (Å²) in [5, 5.41) is 13.5. The number of amides is 1. The average molecular weight is 296 g/mol. The van der Waals surface area contributed by atoms with Crippen LogP contribution >= 0.6 is 11.3 Å². The fraction of sp³-hybridized carbons (Fsp3) is 0.571. The third-order valence-electron chi connectivity index (χ3n) is 3.57. The summed E-state index contributed by atoms with van der Waals surface area (Å²) >= 11 is 1.49. The Labute approximate surface area is 122 Å². The molecule has 2 heterocycles. The maximum absolute atomic E-state index is 12.4. The van der Waals surface area contributed by atoms with E-state index in [1.807, 2.05) is 23.3 Å². The van der Waals surface area contributed by atoms with Crippen LogP contribution in [0.1, 0.15) is 28.1 Å². The predicted octanol–water partition coefficient (Wildman–Crippen LogP) is 1.58. The molecule has 0 saturated carbocycles. The second kappa shape index (κ2) is 6.85. The van der Waals surface area contributed by atoms with Crippen LogP contribution in [0.3, 0.4) is 0 Å². The van der Waals surface area contributed by atoms with Gasteiger partial charge >= 0.3 is 5.97 Å². The number of aryl methyl sites for hydroxylation is 1. The monoisotopic (exact) mass is 296 g/mol. The molecule has 0 aliphatic carbocycles. The standard InChI is InChI=1S/C14H20N2O3S/c1-10-4-6-20-13(10)14(19)16-5-2-3-11(9-16)7-15-8-12(17)18/h4,6,11,15H,2-3,5,7-9H2,1H3,(H,17,18). The van der Waals surface area contributed by atoms with Crippen LogP contribution in [0.5, 0.6) is 0 Å². The van der Waals surface area contributed by atoms with Crippen molar-refractivity contribution in [3.8, 4) is 0 Å². The number of hydrogen-bond acceptors (Lipinski definition) is 4. The lowest BCUT2D eigenvalue weighted by molar-refractivity contribution is -0.136. The van der Waals surface area contributed by atoms with E-state index in [0.717, 1.165) is 29.8 Å². The van der Waals surface area contributed by atoms with Gasteiger partial charge in [0.15, 0.2) is 0 Å². The zero-order chi connectivity index (χ0) is 14.5. The van der Waals surface area contributed by atoms with Crippen LogP contribution in [0.4, 0.5) is 0 Å². The summed E-state index contributed by atoms with van der Waals surface area (Å²) in [5.74, 6) is -0.393. The third kappa shape index (κ3) is 3.80. The Morgan fingerprint density at radius 3 is 3.00 bits per heavy atom. The van der Waals surface area contributed by atoms with E-state index in [2.05, 4.69) is 5.32 Å². The first-order valence-electron chi connectivity index (χ1n) is 6.84. The second-order valence-corrected chi connectivity index (χ2v) is 6.13. The van der Waals surface area contributed by atoms with Gasteiger partial charge in [-0.25, -0.2) is 0 Å². The molecule has 2 N–H and O–H groups in total. The number of nitrogens with one attached hydrogen (secondary N) is 1. The first kappa shape index (κ1) is 15.0. The van der Waals surface area contributed by atoms with Crippen molar-refractivity contribution in [2.24, 2.45) is 5.92 Å². The number of carbonyl (C=O) groups excluding carboxylic acids is 1. The number of carboxylic acids is 1. The van der Waals surface area contributed by atoms with Gasteiger partial charge in [-0.15, -0.1) is 11.3 Å². The average Bonchev–Trinajstić information content (AvgIpc) is 2.84. The Hall–Kier alpha value is -1.40. The zero-order valence-corrected chi connectivity index (χ0v) is 12.4. The molecule has 1 aliphatic heterocycles. The first-order valence-corrected chi connectivity index (χ1v) is 7.71. The lowest BCUT2D eigenvalue weighted by Crippen LogP contribution is -2.43. The summed E-state index contributed by atoms with van der Waals surface area (Å²) in [6, 6.07) is 1.97. The minimum Gasteiger partial charge on any atom is -0.480 e. The smallest absolute Gasteiger partial charge is 0.317 e. The topological polar surface area (TPSA) is 69.6 Å². The van der Waals surface area contributed by atoms with Gasteiger partial charge < -0.3 is 15.3 Å². The van der Waals surface area contributed by atoms with Crippen LogP contribution < -0.4 is 5.32 Å². The second-order valence-electron chi connectivity index (χ2n) is 5.22. The molecular weight excluding hydrogens is 276 g/mol. The molecule has 1 unspecified atom stereocenters. The maximum atomic E-state index is 12.4. The van der Waals surface area contributed by atoms with E-state index in [-0.39, 0.29) is 12.5 Å². The zero-order valence-electron chi connectivity index (χ0n) is 11.6. The minimum absolute atomic E-state index is 0.0194. The molecule has 1 amide bonds. The van der Waals surface area contributed by atoms with Gasteiger partial charge in [0.1, 0.15) is 0 Å². The van der Waals surface area contributed by atoms with Crippen molar-refractivity contribution in [2.75, 3.05) is 26.2 Å². The van der Waals surface area contributed by atoms with E-state index in [1.165, 1.54) is 11.3 Å². The number of likely N-dealkylation sites (tertiary alicyclic amines) is 1. The summed E-state index contributed by atoms with van der Waals surface area (Å²) in [4.78, 5) is 25.6. The predicted molar refractivity (Wildman–Crippen MR) is 78.2 cm³/mol. The maximum Gasteiger partial charge on any atom is 0.317 e. The molecule has 0 bridgehead atoms. The quantitative estimate of drug-likeness (QED) is 0.865. The molecule has 1 aromatic rings. The highest BCUT2D eigenvalue weighted by Crippen LogP contribution is 2.22. The summed E-state index contributed by atoms with van der Waals surface area (Å²) in [6.07, 6.45) is 2.02. The lowest BCUT2D eigenvalue weighted by atomic mass is 9.97. The number of carbonyl (C=O) groups is 2. The van der Waals surface area contributed by atoms with E-state index in [0.29, 0.717) is 19.0 Å². The van der Waals surface area contributed by atoms with Crippen LogP contribution in [-0.2, 0) is 4.79 Å². The van der Waals surface area contributed by atoms with Gasteiger partial charge in [0, 0.05) is 19.6 Å². The summed E-state index contributed by atoms with van der Waals surface area (Å²) in [6.45, 7) is 4.10. The molecule has 1 aromatic heterocycles. The minimum atomic E-state index is -0.844. The van der Waals surface area contributed by atoms with Gasteiger partial charge in [0.25, 0.3) is 5.91 Å². The van der Waals surface area contributed by atoms with Crippen molar-refractivity contribution in [3.05, 3.63) is 21.9 Å². The number of piperidine rings is 1. The van der Waals surface area contributed by atoms with Crippen molar-refractivity contribution in [1.29, 1.82) is 0 Å². The van der Waals surface area contributed by atoms with E-state index in [9.17, 15) is 9.59 Å². The highest BCUT2D eigenvalue weighted by molar-refractivity contribution is 7.12. The van der Waals surface area contributed by atoms with E-state index < -0.39 is 5.97 Å². The summed E-state index contributed by atoms with van der Waals surface area (Å²) in [5.41, 5.74) is 1.03. The number of rotatable bonds is 5. The molecule has 0 aromatic carbocycles. The van der Waals surface area contributed by atoms with Gasteiger partial charge in [-0.1, -0.05) is 0 Å².